The second-order valence-corrected chi connectivity index (χ2v) is 1.44. The lowest BCUT2D eigenvalue weighted by molar-refractivity contribution is -0.308. The van der Waals surface area contributed by atoms with E-state index in [1.54, 1.807) is 6.92 Å². The third-order valence-corrected chi connectivity index (χ3v) is 0.847. The van der Waals surface area contributed by atoms with Gasteiger partial charge in [0, 0.05) is 5.70 Å². The molecule has 0 saturated carbocycles. The first kappa shape index (κ1) is 4.46. The molecule has 0 amide bonds. The number of nitrogens with one attached hydrogen (secondary N) is 1. The second kappa shape index (κ2) is 1.42. The molecule has 0 bridgehead atoms. The Labute approximate surface area is 41.6 Å². The Hall–Kier alpha value is -0.700. The van der Waals surface area contributed by atoms with Gasteiger partial charge in [0.25, 0.3) is 0 Å². The quantitative estimate of drug-likeness (QED) is 0.429. The summed E-state index contributed by atoms with van der Waals surface area (Å²) in [6, 6.07) is 0. The molecule has 0 unspecified atom stereocenters. The summed E-state index contributed by atoms with van der Waals surface area (Å²) in [6.45, 7) is 1.88. The minimum Gasteiger partial charge on any atom is -0.873 e. The number of hydroxylamine groups is 1. The average molecular weight is 100 g/mol. The topological polar surface area (TPSA) is 44.3 Å². The van der Waals surface area contributed by atoms with Gasteiger partial charge in [0.2, 0.25) is 0 Å². The van der Waals surface area contributed by atoms with Crippen molar-refractivity contribution in [2.75, 3.05) is 6.61 Å². The maximum absolute atomic E-state index is 10.3. The van der Waals surface area contributed by atoms with Crippen LogP contribution in [0.3, 0.4) is 0 Å². The highest BCUT2D eigenvalue weighted by Crippen LogP contribution is 1.99. The van der Waals surface area contributed by atoms with Gasteiger partial charge in [-0.15, -0.1) is 0 Å². The molecule has 0 aromatic heterocycles. The molecule has 0 radical (unpaired) electrons. The zero-order valence-electron chi connectivity index (χ0n) is 4.02. The van der Waals surface area contributed by atoms with Gasteiger partial charge in [0.1, 0.15) is 0 Å². The van der Waals surface area contributed by atoms with E-state index in [0.29, 0.717) is 5.70 Å². The zero-order chi connectivity index (χ0) is 5.28. The van der Waals surface area contributed by atoms with Gasteiger partial charge < -0.3 is 5.11 Å². The van der Waals surface area contributed by atoms with Gasteiger partial charge in [-0.25, -0.2) is 0 Å². The molecule has 0 saturated heterocycles. The smallest absolute Gasteiger partial charge is 0.0874 e. The van der Waals surface area contributed by atoms with Gasteiger partial charge in [-0.2, -0.15) is 0 Å². The second-order valence-electron chi connectivity index (χ2n) is 1.44. The number of rotatable bonds is 0. The Kier molecular flexibility index (Phi) is 0.906. The largest absolute Gasteiger partial charge is 0.873 e. The lowest BCUT2D eigenvalue weighted by atomic mass is 10.4. The van der Waals surface area contributed by atoms with Crippen molar-refractivity contribution in [2.24, 2.45) is 0 Å². The van der Waals surface area contributed by atoms with Crippen molar-refractivity contribution in [1.82, 2.24) is 5.48 Å². The standard InChI is InChI=1S/C4H7NO2/c1-3-4(6)2-7-5-3/h5-6H,2H2,1H3/p-1. The van der Waals surface area contributed by atoms with Gasteiger partial charge in [0.15, 0.2) is 0 Å². The summed E-state index contributed by atoms with van der Waals surface area (Å²) in [5.41, 5.74) is 3.03. The minimum absolute atomic E-state index is 0.0417. The zero-order valence-corrected chi connectivity index (χ0v) is 4.02. The number of hydrogen-bond acceptors (Lipinski definition) is 3. The van der Waals surface area contributed by atoms with Crippen LogP contribution in [0.2, 0.25) is 0 Å². The van der Waals surface area contributed by atoms with E-state index in [9.17, 15) is 5.11 Å². The van der Waals surface area contributed by atoms with Crippen LogP contribution in [0.1, 0.15) is 6.92 Å². The Balaban J connectivity index is 2.64. The van der Waals surface area contributed by atoms with Crippen molar-refractivity contribution < 1.29 is 9.94 Å². The van der Waals surface area contributed by atoms with Gasteiger partial charge >= 0.3 is 0 Å². The SMILES string of the molecule is CC1=C([O-])CON1. The van der Waals surface area contributed by atoms with Crippen LogP contribution >= 0.6 is 0 Å². The number of allylic oxidation sites excluding steroid dienone is 1. The summed E-state index contributed by atoms with van der Waals surface area (Å²) in [6.07, 6.45) is 0. The third-order valence-electron chi connectivity index (χ3n) is 0.847. The van der Waals surface area contributed by atoms with E-state index in [0.717, 1.165) is 0 Å². The summed E-state index contributed by atoms with van der Waals surface area (Å²) in [5.74, 6) is 0.0417. The maximum Gasteiger partial charge on any atom is 0.0874 e. The molecule has 1 aliphatic heterocycles. The van der Waals surface area contributed by atoms with Crippen molar-refractivity contribution >= 4 is 0 Å². The molecule has 0 aromatic carbocycles. The minimum atomic E-state index is 0.0417. The van der Waals surface area contributed by atoms with E-state index in [4.69, 9.17) is 0 Å². The van der Waals surface area contributed by atoms with E-state index in [1.807, 2.05) is 0 Å². The van der Waals surface area contributed by atoms with E-state index >= 15 is 0 Å². The molecular weight excluding hydrogens is 94.0 g/mol. The van der Waals surface area contributed by atoms with E-state index in [2.05, 4.69) is 10.3 Å². The molecule has 7 heavy (non-hydrogen) atoms. The highest BCUT2D eigenvalue weighted by molar-refractivity contribution is 5.02. The molecule has 40 valence electrons. The Bertz CT molecular complexity index is 96.3. The molecule has 1 aliphatic rings. The highest BCUT2D eigenvalue weighted by atomic mass is 16.7. The molecule has 0 fully saturated rings. The number of hydrogen-bond donors (Lipinski definition) is 1. The van der Waals surface area contributed by atoms with Crippen LogP contribution in [-0.4, -0.2) is 6.61 Å². The maximum atomic E-state index is 10.3. The summed E-state index contributed by atoms with van der Waals surface area (Å²) in [5, 5.41) is 10.3. The predicted octanol–water partition coefficient (Wildman–Crippen LogP) is -0.887. The molecule has 0 spiro atoms. The van der Waals surface area contributed by atoms with Crippen LogP contribution in [0.15, 0.2) is 11.5 Å². The average Bonchev–Trinajstić information content (AvgIpc) is 1.91. The van der Waals surface area contributed by atoms with Crippen molar-refractivity contribution in [1.29, 1.82) is 0 Å². The monoisotopic (exact) mass is 100 g/mol. The molecular formula is C4H6NO2-. The van der Waals surface area contributed by atoms with Gasteiger partial charge in [0.05, 0.1) is 6.61 Å². The Morgan fingerprint density at radius 1 is 1.86 bits per heavy atom. The fourth-order valence-corrected chi connectivity index (χ4v) is 0.375. The molecule has 0 atom stereocenters. The van der Waals surface area contributed by atoms with Crippen LogP contribution in [0.25, 0.3) is 0 Å². The first-order chi connectivity index (χ1) is 3.30. The van der Waals surface area contributed by atoms with Crippen molar-refractivity contribution in [3.63, 3.8) is 0 Å². The highest BCUT2D eigenvalue weighted by Gasteiger charge is 1.97. The van der Waals surface area contributed by atoms with Crippen LogP contribution in [0.4, 0.5) is 0 Å². The molecule has 0 aliphatic carbocycles. The van der Waals surface area contributed by atoms with Gasteiger partial charge in [-0.3, -0.25) is 10.3 Å². The Morgan fingerprint density at radius 2 is 2.57 bits per heavy atom. The summed E-state index contributed by atoms with van der Waals surface area (Å²) in [4.78, 5) is 4.53. The molecule has 1 heterocycles. The van der Waals surface area contributed by atoms with E-state index < -0.39 is 0 Å². The summed E-state index contributed by atoms with van der Waals surface area (Å²) in [7, 11) is 0. The summed E-state index contributed by atoms with van der Waals surface area (Å²) >= 11 is 0. The first-order valence-corrected chi connectivity index (χ1v) is 2.05. The fourth-order valence-electron chi connectivity index (χ4n) is 0.375. The van der Waals surface area contributed by atoms with E-state index in [1.165, 1.54) is 0 Å². The molecule has 1 rings (SSSR count). The van der Waals surface area contributed by atoms with Crippen LogP contribution in [-0.2, 0) is 4.84 Å². The van der Waals surface area contributed by atoms with Crippen LogP contribution in [0, 0.1) is 0 Å². The fraction of sp³-hybridized carbons (Fsp3) is 0.500. The molecule has 3 nitrogen and oxygen atoms in total. The lowest BCUT2D eigenvalue weighted by Crippen LogP contribution is -2.05. The third kappa shape index (κ3) is 0.667. The van der Waals surface area contributed by atoms with Crippen LogP contribution < -0.4 is 10.6 Å². The Morgan fingerprint density at radius 3 is 2.71 bits per heavy atom. The molecule has 1 N–H and O–H groups in total. The summed E-state index contributed by atoms with van der Waals surface area (Å²) < 4.78 is 0. The first-order valence-electron chi connectivity index (χ1n) is 2.05. The molecule has 3 heteroatoms. The normalized spacial score (nSPS) is 20.1. The van der Waals surface area contributed by atoms with Crippen molar-refractivity contribution in [3.05, 3.63) is 11.5 Å². The van der Waals surface area contributed by atoms with Crippen molar-refractivity contribution in [2.45, 2.75) is 6.92 Å². The predicted molar refractivity (Wildman–Crippen MR) is 21.8 cm³/mol. The van der Waals surface area contributed by atoms with Crippen LogP contribution in [0.5, 0.6) is 0 Å². The lowest BCUT2D eigenvalue weighted by Gasteiger charge is -1.99. The van der Waals surface area contributed by atoms with Gasteiger partial charge in [-0.1, -0.05) is 5.76 Å². The van der Waals surface area contributed by atoms with Crippen molar-refractivity contribution in [3.8, 4) is 0 Å². The van der Waals surface area contributed by atoms with Gasteiger partial charge in [-0.05, 0) is 6.92 Å². The molecule has 0 aromatic rings. The van der Waals surface area contributed by atoms with E-state index in [-0.39, 0.29) is 12.4 Å².